The molecule has 0 aliphatic carbocycles. The van der Waals surface area contributed by atoms with Crippen LogP contribution in [0.4, 0.5) is 0 Å². The molecule has 2 nitrogen and oxygen atoms in total. The van der Waals surface area contributed by atoms with E-state index in [0.29, 0.717) is 0 Å². The maximum absolute atomic E-state index is 11.0. The van der Waals surface area contributed by atoms with Crippen LogP contribution < -0.4 is 5.32 Å². The standard InChI is InChI=1S/C10H23NOS/c1-4-13(12)9-8-11-7-5-6-10(2)3/h10-11H,4-9H2,1-3H3. The fourth-order valence-electron chi connectivity index (χ4n) is 1.09. The molecule has 0 heterocycles. The van der Waals surface area contributed by atoms with Crippen LogP contribution in [0.3, 0.4) is 0 Å². The molecule has 13 heavy (non-hydrogen) atoms. The maximum Gasteiger partial charge on any atom is 0.0359 e. The van der Waals surface area contributed by atoms with Gasteiger partial charge in [0.25, 0.3) is 0 Å². The highest BCUT2D eigenvalue weighted by Gasteiger charge is 1.96. The molecule has 0 radical (unpaired) electrons. The molecule has 1 N–H and O–H groups in total. The lowest BCUT2D eigenvalue weighted by Gasteiger charge is -2.05. The normalized spacial score (nSPS) is 13.5. The number of rotatable bonds is 8. The monoisotopic (exact) mass is 205 g/mol. The number of hydrogen-bond acceptors (Lipinski definition) is 2. The Morgan fingerprint density at radius 2 is 2.00 bits per heavy atom. The second kappa shape index (κ2) is 8.70. The van der Waals surface area contributed by atoms with Gasteiger partial charge in [-0.25, -0.2) is 0 Å². The molecule has 0 fully saturated rings. The van der Waals surface area contributed by atoms with Crippen molar-refractivity contribution in [2.24, 2.45) is 5.92 Å². The summed E-state index contributed by atoms with van der Waals surface area (Å²) in [5.74, 6) is 2.39. The summed E-state index contributed by atoms with van der Waals surface area (Å²) in [6, 6.07) is 0. The Hall–Kier alpha value is 0.110. The molecule has 0 aliphatic heterocycles. The van der Waals surface area contributed by atoms with Crippen LogP contribution in [0.25, 0.3) is 0 Å². The summed E-state index contributed by atoms with van der Waals surface area (Å²) in [7, 11) is -0.604. The van der Waals surface area contributed by atoms with E-state index in [1.807, 2.05) is 6.92 Å². The van der Waals surface area contributed by atoms with E-state index in [1.165, 1.54) is 12.8 Å². The van der Waals surface area contributed by atoms with E-state index in [-0.39, 0.29) is 0 Å². The van der Waals surface area contributed by atoms with E-state index in [4.69, 9.17) is 0 Å². The molecular weight excluding hydrogens is 182 g/mol. The third kappa shape index (κ3) is 10.0. The third-order valence-electron chi connectivity index (χ3n) is 1.96. The van der Waals surface area contributed by atoms with Gasteiger partial charge in [0.2, 0.25) is 0 Å². The van der Waals surface area contributed by atoms with Gasteiger partial charge in [0.15, 0.2) is 0 Å². The molecule has 1 unspecified atom stereocenters. The van der Waals surface area contributed by atoms with Gasteiger partial charge in [-0.3, -0.25) is 4.21 Å². The van der Waals surface area contributed by atoms with Crippen molar-refractivity contribution < 1.29 is 4.21 Å². The molecule has 0 amide bonds. The highest BCUT2D eigenvalue weighted by molar-refractivity contribution is 7.84. The lowest BCUT2D eigenvalue weighted by atomic mass is 10.1. The zero-order valence-corrected chi connectivity index (χ0v) is 9.95. The fraction of sp³-hybridized carbons (Fsp3) is 1.00. The van der Waals surface area contributed by atoms with Crippen LogP contribution >= 0.6 is 0 Å². The Bertz CT molecular complexity index is 137. The largest absolute Gasteiger partial charge is 0.316 e. The van der Waals surface area contributed by atoms with Gasteiger partial charge in [-0.1, -0.05) is 20.8 Å². The summed E-state index contributed by atoms with van der Waals surface area (Å²) in [6.07, 6.45) is 2.51. The van der Waals surface area contributed by atoms with E-state index >= 15 is 0 Å². The summed E-state index contributed by atoms with van der Waals surface area (Å²) >= 11 is 0. The zero-order chi connectivity index (χ0) is 10.1. The Labute approximate surface area is 84.9 Å². The van der Waals surface area contributed by atoms with Crippen LogP contribution in [0.15, 0.2) is 0 Å². The van der Waals surface area contributed by atoms with Gasteiger partial charge in [0.1, 0.15) is 0 Å². The van der Waals surface area contributed by atoms with Gasteiger partial charge < -0.3 is 5.32 Å². The van der Waals surface area contributed by atoms with Gasteiger partial charge in [-0.15, -0.1) is 0 Å². The molecule has 0 aromatic rings. The minimum atomic E-state index is -0.604. The van der Waals surface area contributed by atoms with Gasteiger partial charge in [-0.05, 0) is 25.3 Å². The maximum atomic E-state index is 11.0. The summed E-state index contributed by atoms with van der Waals surface area (Å²) in [6.45, 7) is 8.42. The van der Waals surface area contributed by atoms with Crippen molar-refractivity contribution in [2.45, 2.75) is 33.6 Å². The van der Waals surface area contributed by atoms with Crippen molar-refractivity contribution in [3.05, 3.63) is 0 Å². The molecule has 3 heteroatoms. The quantitative estimate of drug-likeness (QED) is 0.612. The average Bonchev–Trinajstić information content (AvgIpc) is 2.10. The molecule has 0 spiro atoms. The molecule has 0 rings (SSSR count). The van der Waals surface area contributed by atoms with Crippen molar-refractivity contribution >= 4 is 10.8 Å². The van der Waals surface area contributed by atoms with Crippen molar-refractivity contribution in [2.75, 3.05) is 24.6 Å². The minimum absolute atomic E-state index is 0.604. The summed E-state index contributed by atoms with van der Waals surface area (Å²) < 4.78 is 11.0. The van der Waals surface area contributed by atoms with Crippen LogP contribution in [-0.2, 0) is 10.8 Å². The van der Waals surface area contributed by atoms with E-state index in [9.17, 15) is 4.21 Å². The van der Waals surface area contributed by atoms with Gasteiger partial charge in [0.05, 0.1) is 0 Å². The zero-order valence-electron chi connectivity index (χ0n) is 9.14. The van der Waals surface area contributed by atoms with E-state index < -0.39 is 10.8 Å². The minimum Gasteiger partial charge on any atom is -0.316 e. The van der Waals surface area contributed by atoms with Crippen molar-refractivity contribution in [3.8, 4) is 0 Å². The first kappa shape index (κ1) is 13.1. The topological polar surface area (TPSA) is 29.1 Å². The van der Waals surface area contributed by atoms with E-state index in [1.54, 1.807) is 0 Å². The fourth-order valence-corrected chi connectivity index (χ4v) is 1.75. The molecule has 0 bridgehead atoms. The van der Waals surface area contributed by atoms with Crippen molar-refractivity contribution in [3.63, 3.8) is 0 Å². The molecule has 0 aromatic heterocycles. The van der Waals surface area contributed by atoms with Crippen LogP contribution in [0.2, 0.25) is 0 Å². The van der Waals surface area contributed by atoms with Crippen LogP contribution in [0, 0.1) is 5.92 Å². The van der Waals surface area contributed by atoms with E-state index in [0.717, 1.165) is 30.5 Å². The first-order valence-corrected chi connectivity index (χ1v) is 6.71. The first-order valence-electron chi connectivity index (χ1n) is 5.22. The highest BCUT2D eigenvalue weighted by atomic mass is 32.2. The predicted molar refractivity (Wildman–Crippen MR) is 60.5 cm³/mol. The second-order valence-corrected chi connectivity index (χ2v) is 5.58. The van der Waals surface area contributed by atoms with Crippen LogP contribution in [0.1, 0.15) is 33.6 Å². The van der Waals surface area contributed by atoms with Gasteiger partial charge in [-0.2, -0.15) is 0 Å². The first-order chi connectivity index (χ1) is 6.16. The Balaban J connectivity index is 3.04. The Kier molecular flexibility index (Phi) is 8.77. The predicted octanol–water partition coefficient (Wildman–Crippen LogP) is 1.78. The average molecular weight is 205 g/mol. The Morgan fingerprint density at radius 3 is 2.54 bits per heavy atom. The molecule has 80 valence electrons. The molecule has 1 atom stereocenters. The smallest absolute Gasteiger partial charge is 0.0359 e. The van der Waals surface area contributed by atoms with Gasteiger partial charge >= 0.3 is 0 Å². The van der Waals surface area contributed by atoms with Crippen molar-refractivity contribution in [1.82, 2.24) is 5.32 Å². The summed E-state index contributed by atoms with van der Waals surface area (Å²) in [5.41, 5.74) is 0. The molecule has 0 aromatic carbocycles. The third-order valence-corrected chi connectivity index (χ3v) is 3.27. The second-order valence-electron chi connectivity index (χ2n) is 3.72. The molecule has 0 aliphatic rings. The molecule has 0 saturated carbocycles. The lowest BCUT2D eigenvalue weighted by molar-refractivity contribution is 0.533. The SMILES string of the molecule is CCS(=O)CCNCCCC(C)C. The number of hydrogen-bond donors (Lipinski definition) is 1. The summed E-state index contributed by atoms with van der Waals surface area (Å²) in [4.78, 5) is 0. The molecular formula is C10H23NOS. The van der Waals surface area contributed by atoms with Crippen LogP contribution in [-0.4, -0.2) is 28.8 Å². The highest BCUT2D eigenvalue weighted by Crippen LogP contribution is 2.01. The van der Waals surface area contributed by atoms with Crippen LogP contribution in [0.5, 0.6) is 0 Å². The number of nitrogens with one attached hydrogen (secondary N) is 1. The van der Waals surface area contributed by atoms with Gasteiger partial charge in [0, 0.05) is 28.9 Å². The molecule has 0 saturated heterocycles. The summed E-state index contributed by atoms with van der Waals surface area (Å²) in [5, 5.41) is 3.31. The lowest BCUT2D eigenvalue weighted by Crippen LogP contribution is -2.22. The van der Waals surface area contributed by atoms with E-state index in [2.05, 4.69) is 19.2 Å². The Morgan fingerprint density at radius 1 is 1.31 bits per heavy atom. The van der Waals surface area contributed by atoms with Crippen molar-refractivity contribution in [1.29, 1.82) is 0 Å².